The van der Waals surface area contributed by atoms with Crippen LogP contribution in [0.1, 0.15) is 5.69 Å². The van der Waals surface area contributed by atoms with Crippen LogP contribution in [0, 0.1) is 0 Å². The Bertz CT molecular complexity index is 659. The molecule has 18 heavy (non-hydrogen) atoms. The predicted octanol–water partition coefficient (Wildman–Crippen LogP) is 1.29. The number of aromatic nitrogens is 4. The van der Waals surface area contributed by atoms with E-state index in [1.807, 2.05) is 30.5 Å². The highest BCUT2D eigenvalue weighted by Crippen LogP contribution is 2.16. The molecule has 0 saturated heterocycles. The van der Waals surface area contributed by atoms with Gasteiger partial charge in [-0.2, -0.15) is 5.10 Å². The largest absolute Gasteiger partial charge is 0.330 e. The second kappa shape index (κ2) is 4.54. The predicted molar refractivity (Wildman–Crippen MR) is 69.0 cm³/mol. The van der Waals surface area contributed by atoms with Crippen molar-refractivity contribution in [3.63, 3.8) is 0 Å². The van der Waals surface area contributed by atoms with Gasteiger partial charge < -0.3 is 5.73 Å². The minimum Gasteiger partial charge on any atom is -0.330 e. The van der Waals surface area contributed by atoms with E-state index in [-0.39, 0.29) is 0 Å². The SMILES string of the molecule is NCCc1cn2nc(-c3ccncc3)ccc2n1. The van der Waals surface area contributed by atoms with E-state index in [4.69, 9.17) is 5.73 Å². The van der Waals surface area contributed by atoms with Crippen LogP contribution in [-0.4, -0.2) is 26.1 Å². The summed E-state index contributed by atoms with van der Waals surface area (Å²) < 4.78 is 1.79. The molecule has 0 aromatic carbocycles. The van der Waals surface area contributed by atoms with Gasteiger partial charge in [-0.25, -0.2) is 9.50 Å². The quantitative estimate of drug-likeness (QED) is 0.747. The molecular weight excluding hydrogens is 226 g/mol. The topological polar surface area (TPSA) is 69.1 Å². The molecule has 0 bridgehead atoms. The molecule has 3 heterocycles. The lowest BCUT2D eigenvalue weighted by atomic mass is 10.2. The van der Waals surface area contributed by atoms with Crippen LogP contribution < -0.4 is 5.73 Å². The van der Waals surface area contributed by atoms with E-state index in [2.05, 4.69) is 15.1 Å². The molecule has 3 rings (SSSR count). The Morgan fingerprint density at radius 2 is 1.94 bits per heavy atom. The van der Waals surface area contributed by atoms with Gasteiger partial charge in [0.25, 0.3) is 0 Å². The highest BCUT2D eigenvalue weighted by Gasteiger charge is 2.04. The molecule has 0 spiro atoms. The molecule has 0 atom stereocenters. The molecule has 90 valence electrons. The highest BCUT2D eigenvalue weighted by molar-refractivity contribution is 5.59. The number of fused-ring (bicyclic) bond motifs is 1. The first-order valence-electron chi connectivity index (χ1n) is 5.82. The van der Waals surface area contributed by atoms with Crippen LogP contribution in [0.3, 0.4) is 0 Å². The van der Waals surface area contributed by atoms with Crippen molar-refractivity contribution >= 4 is 5.65 Å². The van der Waals surface area contributed by atoms with Crippen molar-refractivity contribution in [3.8, 4) is 11.3 Å². The summed E-state index contributed by atoms with van der Waals surface area (Å²) >= 11 is 0. The Labute approximate surface area is 104 Å². The molecule has 5 nitrogen and oxygen atoms in total. The van der Waals surface area contributed by atoms with E-state index in [0.717, 1.165) is 29.0 Å². The van der Waals surface area contributed by atoms with Gasteiger partial charge in [-0.1, -0.05) is 0 Å². The standard InChI is InChI=1S/C13H13N5/c14-6-3-11-9-18-13(16-11)2-1-12(17-18)10-4-7-15-8-5-10/h1-2,4-5,7-9H,3,6,14H2. The van der Waals surface area contributed by atoms with Crippen LogP contribution in [0.5, 0.6) is 0 Å². The number of hydrogen-bond donors (Lipinski definition) is 1. The van der Waals surface area contributed by atoms with Gasteiger partial charge in [-0.05, 0) is 30.8 Å². The van der Waals surface area contributed by atoms with E-state index in [1.165, 1.54) is 0 Å². The molecule has 0 amide bonds. The van der Waals surface area contributed by atoms with Crippen molar-refractivity contribution in [2.24, 2.45) is 5.73 Å². The van der Waals surface area contributed by atoms with Crippen molar-refractivity contribution in [3.05, 3.63) is 48.5 Å². The van der Waals surface area contributed by atoms with Crippen molar-refractivity contribution in [2.45, 2.75) is 6.42 Å². The Morgan fingerprint density at radius 3 is 2.72 bits per heavy atom. The molecule has 0 radical (unpaired) electrons. The van der Waals surface area contributed by atoms with Crippen molar-refractivity contribution in [1.82, 2.24) is 19.6 Å². The molecule has 3 aromatic heterocycles. The summed E-state index contributed by atoms with van der Waals surface area (Å²) in [6.45, 7) is 0.598. The van der Waals surface area contributed by atoms with E-state index >= 15 is 0 Å². The van der Waals surface area contributed by atoms with Crippen LogP contribution >= 0.6 is 0 Å². The fraction of sp³-hybridized carbons (Fsp3) is 0.154. The van der Waals surface area contributed by atoms with Crippen molar-refractivity contribution < 1.29 is 0 Å². The Kier molecular flexibility index (Phi) is 2.74. The maximum Gasteiger partial charge on any atom is 0.153 e. The highest BCUT2D eigenvalue weighted by atomic mass is 15.2. The van der Waals surface area contributed by atoms with Gasteiger partial charge in [0, 0.05) is 24.4 Å². The number of imidazole rings is 1. The fourth-order valence-corrected chi connectivity index (χ4v) is 1.88. The van der Waals surface area contributed by atoms with Gasteiger partial charge >= 0.3 is 0 Å². The number of rotatable bonds is 3. The molecule has 0 aliphatic heterocycles. The monoisotopic (exact) mass is 239 g/mol. The van der Waals surface area contributed by atoms with Gasteiger partial charge in [0.2, 0.25) is 0 Å². The van der Waals surface area contributed by atoms with Gasteiger partial charge in [0.15, 0.2) is 5.65 Å². The third-order valence-electron chi connectivity index (χ3n) is 2.75. The third kappa shape index (κ3) is 1.96. The van der Waals surface area contributed by atoms with E-state index in [0.29, 0.717) is 6.54 Å². The van der Waals surface area contributed by atoms with Crippen LogP contribution in [0.15, 0.2) is 42.9 Å². The van der Waals surface area contributed by atoms with Crippen LogP contribution in [0.25, 0.3) is 16.9 Å². The molecule has 0 aliphatic rings. The second-order valence-electron chi connectivity index (χ2n) is 4.03. The summed E-state index contributed by atoms with van der Waals surface area (Å²) in [6, 6.07) is 7.80. The number of nitrogens with two attached hydrogens (primary N) is 1. The van der Waals surface area contributed by atoms with Gasteiger partial charge in [0.05, 0.1) is 17.6 Å². The molecule has 0 fully saturated rings. The fourth-order valence-electron chi connectivity index (χ4n) is 1.88. The Hall–Kier alpha value is -2.27. The zero-order valence-electron chi connectivity index (χ0n) is 9.82. The Morgan fingerprint density at radius 1 is 1.11 bits per heavy atom. The van der Waals surface area contributed by atoms with Crippen LogP contribution in [0.4, 0.5) is 0 Å². The summed E-state index contributed by atoms with van der Waals surface area (Å²) in [5, 5.41) is 4.53. The normalized spacial score (nSPS) is 10.9. The number of pyridine rings is 1. The molecule has 0 saturated carbocycles. The Balaban J connectivity index is 2.05. The summed E-state index contributed by atoms with van der Waals surface area (Å²) in [7, 11) is 0. The van der Waals surface area contributed by atoms with Gasteiger partial charge in [-0.15, -0.1) is 0 Å². The third-order valence-corrected chi connectivity index (χ3v) is 2.75. The summed E-state index contributed by atoms with van der Waals surface area (Å²) in [6.07, 6.45) is 6.21. The first kappa shape index (κ1) is 10.9. The maximum atomic E-state index is 5.53. The lowest BCUT2D eigenvalue weighted by molar-refractivity contribution is 0.917. The average Bonchev–Trinajstić information content (AvgIpc) is 2.81. The molecule has 3 aromatic rings. The smallest absolute Gasteiger partial charge is 0.153 e. The van der Waals surface area contributed by atoms with E-state index < -0.39 is 0 Å². The first-order chi connectivity index (χ1) is 8.86. The average molecular weight is 239 g/mol. The molecule has 5 heteroatoms. The molecular formula is C13H13N5. The minimum atomic E-state index is 0.598. The first-order valence-corrected chi connectivity index (χ1v) is 5.82. The summed E-state index contributed by atoms with van der Waals surface area (Å²) in [5.41, 5.74) is 9.29. The van der Waals surface area contributed by atoms with E-state index in [1.54, 1.807) is 16.9 Å². The second-order valence-corrected chi connectivity index (χ2v) is 4.03. The lowest BCUT2D eigenvalue weighted by Gasteiger charge is -2.00. The van der Waals surface area contributed by atoms with Gasteiger partial charge in [-0.3, -0.25) is 4.98 Å². The lowest BCUT2D eigenvalue weighted by Crippen LogP contribution is -2.02. The number of hydrogen-bond acceptors (Lipinski definition) is 4. The minimum absolute atomic E-state index is 0.598. The van der Waals surface area contributed by atoms with Crippen LogP contribution in [0.2, 0.25) is 0 Å². The van der Waals surface area contributed by atoms with Gasteiger partial charge in [0.1, 0.15) is 0 Å². The maximum absolute atomic E-state index is 5.53. The molecule has 0 unspecified atom stereocenters. The van der Waals surface area contributed by atoms with Crippen molar-refractivity contribution in [2.75, 3.05) is 6.54 Å². The zero-order valence-corrected chi connectivity index (χ0v) is 9.82. The van der Waals surface area contributed by atoms with Crippen LogP contribution in [-0.2, 0) is 6.42 Å². The summed E-state index contributed by atoms with van der Waals surface area (Å²) in [5.74, 6) is 0. The molecule has 2 N–H and O–H groups in total. The number of nitrogens with zero attached hydrogens (tertiary/aromatic N) is 4. The van der Waals surface area contributed by atoms with Crippen molar-refractivity contribution in [1.29, 1.82) is 0 Å². The molecule has 0 aliphatic carbocycles. The van der Waals surface area contributed by atoms with E-state index in [9.17, 15) is 0 Å². The zero-order chi connectivity index (χ0) is 12.4. The summed E-state index contributed by atoms with van der Waals surface area (Å²) in [4.78, 5) is 8.45.